The maximum Gasteiger partial charge on any atom is 0.251 e. The molecule has 2 heterocycles. The highest BCUT2D eigenvalue weighted by atomic mass is 16.5. The predicted octanol–water partition coefficient (Wildman–Crippen LogP) is 1.60. The fraction of sp³-hybridized carbons (Fsp3) is 0.619. The lowest BCUT2D eigenvalue weighted by Crippen LogP contribution is -2.33. The van der Waals surface area contributed by atoms with Crippen LogP contribution in [0, 0.1) is 11.3 Å². The Morgan fingerprint density at radius 1 is 1.22 bits per heavy atom. The highest BCUT2D eigenvalue weighted by Gasteiger charge is 2.57. The summed E-state index contributed by atoms with van der Waals surface area (Å²) in [7, 11) is 0. The van der Waals surface area contributed by atoms with Gasteiger partial charge in [-0.2, -0.15) is 0 Å². The Morgan fingerprint density at radius 2 is 2.07 bits per heavy atom. The van der Waals surface area contributed by atoms with E-state index in [1.807, 2.05) is 18.2 Å². The molecular weight excluding hydrogens is 342 g/mol. The Balaban J connectivity index is 1.26. The van der Waals surface area contributed by atoms with Crippen LogP contribution >= 0.6 is 0 Å². The molecule has 1 aromatic rings. The molecule has 1 saturated carbocycles. The summed E-state index contributed by atoms with van der Waals surface area (Å²) in [5.74, 6) is 0.233. The highest BCUT2D eigenvalue weighted by molar-refractivity contribution is 5.94. The molecule has 0 bridgehead atoms. The highest BCUT2D eigenvalue weighted by Crippen LogP contribution is 2.58. The lowest BCUT2D eigenvalue weighted by atomic mass is 9.92. The molecule has 27 heavy (non-hydrogen) atoms. The zero-order valence-electron chi connectivity index (χ0n) is 15.8. The Bertz CT molecular complexity index is 694. The van der Waals surface area contributed by atoms with Crippen LogP contribution in [0.15, 0.2) is 24.3 Å². The second-order valence-corrected chi connectivity index (χ2v) is 8.13. The van der Waals surface area contributed by atoms with E-state index in [9.17, 15) is 9.59 Å². The van der Waals surface area contributed by atoms with Crippen LogP contribution in [0.1, 0.15) is 48.0 Å². The van der Waals surface area contributed by atoms with Crippen LogP contribution < -0.4 is 16.0 Å². The summed E-state index contributed by atoms with van der Waals surface area (Å²) in [5, 5.41) is 9.37. The Hall–Kier alpha value is -1.92. The summed E-state index contributed by atoms with van der Waals surface area (Å²) in [6.07, 6.45) is 5.43. The van der Waals surface area contributed by atoms with Crippen LogP contribution in [0.3, 0.4) is 0 Å². The molecule has 3 aliphatic rings. The normalized spacial score (nSPS) is 25.9. The fourth-order valence-corrected chi connectivity index (χ4v) is 4.44. The second kappa shape index (κ2) is 7.98. The first-order valence-corrected chi connectivity index (χ1v) is 10.1. The van der Waals surface area contributed by atoms with Crippen LogP contribution in [0.2, 0.25) is 0 Å². The standard InChI is InChI=1S/C21H29N3O3/c25-19(24-14-17-5-2-10-27-17)16-4-1-3-15(11-16)13-23-20(26)18-12-21(18)6-8-22-9-7-21/h1,3-4,11,17-18,22H,2,5-10,12-14H2,(H,23,26)(H,24,25). The Morgan fingerprint density at radius 3 is 2.85 bits per heavy atom. The minimum atomic E-state index is -0.0884. The van der Waals surface area contributed by atoms with Crippen molar-refractivity contribution in [3.63, 3.8) is 0 Å². The topological polar surface area (TPSA) is 79.5 Å². The first-order valence-electron chi connectivity index (χ1n) is 10.1. The van der Waals surface area contributed by atoms with Gasteiger partial charge in [0, 0.05) is 31.2 Å². The minimum absolute atomic E-state index is 0.0884. The van der Waals surface area contributed by atoms with E-state index in [4.69, 9.17) is 4.74 Å². The molecule has 3 N–H and O–H groups in total. The maximum absolute atomic E-state index is 12.5. The average Bonchev–Trinajstić information content (AvgIpc) is 3.14. The van der Waals surface area contributed by atoms with Crippen LogP contribution in [-0.4, -0.2) is 44.2 Å². The number of carbonyl (C=O) groups excluding carboxylic acids is 2. The fourth-order valence-electron chi connectivity index (χ4n) is 4.44. The van der Waals surface area contributed by atoms with Gasteiger partial charge in [-0.1, -0.05) is 12.1 Å². The van der Waals surface area contributed by atoms with Gasteiger partial charge in [-0.05, 0) is 68.3 Å². The van der Waals surface area contributed by atoms with Crippen LogP contribution in [0.5, 0.6) is 0 Å². The molecule has 2 aliphatic heterocycles. The van der Waals surface area contributed by atoms with Gasteiger partial charge in [0.2, 0.25) is 5.91 Å². The van der Waals surface area contributed by atoms with Gasteiger partial charge in [0.15, 0.2) is 0 Å². The van der Waals surface area contributed by atoms with Crippen LogP contribution in [-0.2, 0) is 16.1 Å². The Labute approximate surface area is 160 Å². The maximum atomic E-state index is 12.5. The third-order valence-corrected chi connectivity index (χ3v) is 6.28. The van der Waals surface area contributed by atoms with Crippen molar-refractivity contribution in [1.82, 2.24) is 16.0 Å². The van der Waals surface area contributed by atoms with Gasteiger partial charge < -0.3 is 20.7 Å². The number of rotatable bonds is 6. The van der Waals surface area contributed by atoms with Gasteiger partial charge in [0.1, 0.15) is 0 Å². The van der Waals surface area contributed by atoms with E-state index in [1.165, 1.54) is 0 Å². The van der Waals surface area contributed by atoms with Gasteiger partial charge in [-0.3, -0.25) is 9.59 Å². The zero-order chi connectivity index (χ0) is 18.7. The van der Waals surface area contributed by atoms with Crippen molar-refractivity contribution in [3.05, 3.63) is 35.4 Å². The molecule has 146 valence electrons. The average molecular weight is 371 g/mol. The molecule has 2 amide bonds. The van der Waals surface area contributed by atoms with Crippen LogP contribution in [0.25, 0.3) is 0 Å². The SMILES string of the molecule is O=C(NCC1CCCO1)c1cccc(CNC(=O)C2CC23CCNCC3)c1. The lowest BCUT2D eigenvalue weighted by molar-refractivity contribution is -0.123. The van der Waals surface area contributed by atoms with E-state index in [0.717, 1.165) is 57.4 Å². The van der Waals surface area contributed by atoms with Crippen molar-refractivity contribution in [1.29, 1.82) is 0 Å². The monoisotopic (exact) mass is 371 g/mol. The molecule has 2 atom stereocenters. The van der Waals surface area contributed by atoms with E-state index in [0.29, 0.717) is 18.7 Å². The molecule has 1 aromatic carbocycles. The number of hydrogen-bond donors (Lipinski definition) is 3. The third-order valence-electron chi connectivity index (χ3n) is 6.28. The van der Waals surface area contributed by atoms with Crippen molar-refractivity contribution >= 4 is 11.8 Å². The number of amides is 2. The van der Waals surface area contributed by atoms with Crippen molar-refractivity contribution < 1.29 is 14.3 Å². The molecule has 4 rings (SSSR count). The first kappa shape index (κ1) is 18.4. The van der Waals surface area contributed by atoms with E-state index < -0.39 is 0 Å². The molecular formula is C21H29N3O3. The predicted molar refractivity (Wildman–Crippen MR) is 102 cm³/mol. The summed E-state index contributed by atoms with van der Waals surface area (Å²) in [6.45, 7) is 3.85. The smallest absolute Gasteiger partial charge is 0.251 e. The molecule has 1 aliphatic carbocycles. The third kappa shape index (κ3) is 4.33. The summed E-state index contributed by atoms with van der Waals surface area (Å²) >= 11 is 0. The number of benzene rings is 1. The van der Waals surface area contributed by atoms with E-state index in [-0.39, 0.29) is 29.3 Å². The van der Waals surface area contributed by atoms with Crippen molar-refractivity contribution in [3.8, 4) is 0 Å². The lowest BCUT2D eigenvalue weighted by Gasteiger charge is -2.23. The zero-order valence-corrected chi connectivity index (χ0v) is 15.8. The number of piperidine rings is 1. The molecule has 1 spiro atoms. The minimum Gasteiger partial charge on any atom is -0.376 e. The molecule has 6 heteroatoms. The largest absolute Gasteiger partial charge is 0.376 e. The molecule has 0 radical (unpaired) electrons. The number of ether oxygens (including phenoxy) is 1. The van der Waals surface area contributed by atoms with E-state index in [2.05, 4.69) is 16.0 Å². The molecule has 3 fully saturated rings. The number of nitrogens with one attached hydrogen (secondary N) is 3. The summed E-state index contributed by atoms with van der Waals surface area (Å²) in [5.41, 5.74) is 1.83. The summed E-state index contributed by atoms with van der Waals surface area (Å²) < 4.78 is 5.54. The summed E-state index contributed by atoms with van der Waals surface area (Å²) in [4.78, 5) is 24.8. The van der Waals surface area contributed by atoms with Gasteiger partial charge in [-0.15, -0.1) is 0 Å². The molecule has 6 nitrogen and oxygen atoms in total. The van der Waals surface area contributed by atoms with Gasteiger partial charge in [0.25, 0.3) is 5.91 Å². The van der Waals surface area contributed by atoms with Crippen LogP contribution in [0.4, 0.5) is 0 Å². The van der Waals surface area contributed by atoms with Gasteiger partial charge in [0.05, 0.1) is 6.10 Å². The molecule has 2 unspecified atom stereocenters. The molecule has 0 aromatic heterocycles. The van der Waals surface area contributed by atoms with E-state index in [1.54, 1.807) is 6.07 Å². The molecule has 2 saturated heterocycles. The van der Waals surface area contributed by atoms with Crippen molar-refractivity contribution in [2.24, 2.45) is 11.3 Å². The second-order valence-electron chi connectivity index (χ2n) is 8.13. The number of carbonyl (C=O) groups is 2. The van der Waals surface area contributed by atoms with Crippen molar-refractivity contribution in [2.45, 2.75) is 44.8 Å². The van der Waals surface area contributed by atoms with Gasteiger partial charge in [-0.25, -0.2) is 0 Å². The number of hydrogen-bond acceptors (Lipinski definition) is 4. The van der Waals surface area contributed by atoms with Gasteiger partial charge >= 0.3 is 0 Å². The van der Waals surface area contributed by atoms with E-state index >= 15 is 0 Å². The Kier molecular flexibility index (Phi) is 5.45. The van der Waals surface area contributed by atoms with Crippen molar-refractivity contribution in [2.75, 3.05) is 26.2 Å². The summed E-state index contributed by atoms with van der Waals surface area (Å²) in [6, 6.07) is 7.48. The quantitative estimate of drug-likeness (QED) is 0.710. The first-order chi connectivity index (χ1) is 13.2.